The fourth-order valence-electron chi connectivity index (χ4n) is 2.16. The molecule has 0 aliphatic rings. The lowest BCUT2D eigenvalue weighted by Gasteiger charge is -2.24. The second-order valence-electron chi connectivity index (χ2n) is 4.26. The van der Waals surface area contributed by atoms with E-state index in [-0.39, 0.29) is 0 Å². The van der Waals surface area contributed by atoms with Crippen LogP contribution in [0.25, 0.3) is 0 Å². The number of hydrogen-bond donors (Lipinski definition) is 1. The highest BCUT2D eigenvalue weighted by Crippen LogP contribution is 2.23. The maximum atomic E-state index is 5.81. The van der Waals surface area contributed by atoms with Crippen molar-refractivity contribution in [3.05, 3.63) is 11.3 Å². The molecule has 1 rings (SSSR count). The van der Waals surface area contributed by atoms with Crippen molar-refractivity contribution in [1.82, 2.24) is 9.78 Å². The van der Waals surface area contributed by atoms with Crippen LogP contribution in [0, 0.1) is 6.92 Å². The molecule has 0 atom stereocenters. The number of anilines is 1. The van der Waals surface area contributed by atoms with Gasteiger partial charge < -0.3 is 10.6 Å². The Morgan fingerprint density at radius 1 is 1.35 bits per heavy atom. The Balaban J connectivity index is 3.20. The van der Waals surface area contributed by atoms with E-state index in [1.165, 1.54) is 0 Å². The summed E-state index contributed by atoms with van der Waals surface area (Å²) in [6, 6.07) is 0. The molecule has 0 saturated carbocycles. The summed E-state index contributed by atoms with van der Waals surface area (Å²) >= 11 is 5.14. The Labute approximate surface area is 109 Å². The van der Waals surface area contributed by atoms with Gasteiger partial charge in [-0.15, -0.1) is 0 Å². The Morgan fingerprint density at radius 2 is 1.88 bits per heavy atom. The minimum absolute atomic E-state index is 0.433. The van der Waals surface area contributed by atoms with Crippen molar-refractivity contribution < 1.29 is 0 Å². The third-order valence-electron chi connectivity index (χ3n) is 2.72. The van der Waals surface area contributed by atoms with E-state index >= 15 is 0 Å². The van der Waals surface area contributed by atoms with Crippen LogP contribution in [0.1, 0.15) is 37.9 Å². The monoisotopic (exact) mass is 254 g/mol. The highest BCUT2D eigenvalue weighted by molar-refractivity contribution is 7.80. The zero-order valence-corrected chi connectivity index (χ0v) is 12.0. The lowest BCUT2D eigenvalue weighted by Crippen LogP contribution is -2.29. The van der Waals surface area contributed by atoms with Crippen LogP contribution in [0.2, 0.25) is 0 Å². The Kier molecular flexibility index (Phi) is 4.93. The molecule has 0 aromatic carbocycles. The van der Waals surface area contributed by atoms with Crippen LogP contribution in [-0.4, -0.2) is 27.9 Å². The summed E-state index contributed by atoms with van der Waals surface area (Å²) in [5.41, 5.74) is 7.64. The molecule has 0 amide bonds. The molecule has 0 radical (unpaired) electrons. The maximum absolute atomic E-state index is 5.81. The molecule has 2 N–H and O–H groups in total. The van der Waals surface area contributed by atoms with Crippen molar-refractivity contribution in [1.29, 1.82) is 0 Å². The second-order valence-corrected chi connectivity index (χ2v) is 4.70. The SMILES string of the molecule is CCCN(CCC)c1c(C(N)=S)c(C)nn1C. The summed E-state index contributed by atoms with van der Waals surface area (Å²) in [6.07, 6.45) is 2.20. The molecular weight excluding hydrogens is 232 g/mol. The largest absolute Gasteiger partial charge is 0.389 e. The molecule has 0 unspecified atom stereocenters. The van der Waals surface area contributed by atoms with Crippen molar-refractivity contribution in [3.63, 3.8) is 0 Å². The van der Waals surface area contributed by atoms with E-state index < -0.39 is 0 Å². The fraction of sp³-hybridized carbons (Fsp3) is 0.667. The first-order valence-electron chi connectivity index (χ1n) is 6.11. The number of nitrogens with zero attached hydrogens (tertiary/aromatic N) is 3. The maximum Gasteiger partial charge on any atom is 0.137 e. The highest BCUT2D eigenvalue weighted by Gasteiger charge is 2.20. The topological polar surface area (TPSA) is 47.1 Å². The molecule has 17 heavy (non-hydrogen) atoms. The molecule has 0 spiro atoms. The average Bonchev–Trinajstić information content (AvgIpc) is 2.53. The Hall–Kier alpha value is -1.10. The van der Waals surface area contributed by atoms with Crippen molar-refractivity contribution in [2.45, 2.75) is 33.6 Å². The van der Waals surface area contributed by atoms with Gasteiger partial charge in [-0.05, 0) is 19.8 Å². The zero-order chi connectivity index (χ0) is 13.0. The molecule has 0 bridgehead atoms. The van der Waals surface area contributed by atoms with Crippen LogP contribution < -0.4 is 10.6 Å². The highest BCUT2D eigenvalue weighted by atomic mass is 32.1. The molecule has 0 aliphatic carbocycles. The van der Waals surface area contributed by atoms with E-state index in [9.17, 15) is 0 Å². The van der Waals surface area contributed by atoms with E-state index in [2.05, 4.69) is 23.8 Å². The molecule has 4 nitrogen and oxygen atoms in total. The van der Waals surface area contributed by atoms with Gasteiger partial charge in [0.25, 0.3) is 0 Å². The Morgan fingerprint density at radius 3 is 2.29 bits per heavy atom. The van der Waals surface area contributed by atoms with Gasteiger partial charge in [0.05, 0.1) is 11.3 Å². The normalized spacial score (nSPS) is 10.6. The van der Waals surface area contributed by atoms with Gasteiger partial charge in [-0.2, -0.15) is 5.10 Å². The first-order chi connectivity index (χ1) is 8.02. The van der Waals surface area contributed by atoms with E-state index in [1.54, 1.807) is 0 Å². The second kappa shape index (κ2) is 6.00. The molecule has 5 heteroatoms. The molecule has 1 aromatic heterocycles. The minimum Gasteiger partial charge on any atom is -0.389 e. The standard InChI is InChI=1S/C12H22N4S/c1-5-7-16(8-6-2)12-10(11(13)17)9(3)14-15(12)4/h5-8H2,1-4H3,(H2,13,17). The molecule has 0 saturated heterocycles. The minimum atomic E-state index is 0.433. The number of aryl methyl sites for hydroxylation is 2. The van der Waals surface area contributed by atoms with Crippen LogP contribution in [0.3, 0.4) is 0 Å². The average molecular weight is 254 g/mol. The number of hydrogen-bond acceptors (Lipinski definition) is 3. The number of aromatic nitrogens is 2. The lowest BCUT2D eigenvalue weighted by atomic mass is 10.2. The van der Waals surface area contributed by atoms with Gasteiger partial charge in [-0.25, -0.2) is 0 Å². The van der Waals surface area contributed by atoms with Crippen LogP contribution in [0.4, 0.5) is 5.82 Å². The lowest BCUT2D eigenvalue weighted by molar-refractivity contribution is 0.677. The third-order valence-corrected chi connectivity index (χ3v) is 2.93. The Bertz CT molecular complexity index is 391. The van der Waals surface area contributed by atoms with Crippen LogP contribution in [0.15, 0.2) is 0 Å². The van der Waals surface area contributed by atoms with Gasteiger partial charge in [0.1, 0.15) is 10.8 Å². The molecular formula is C12H22N4S. The van der Waals surface area contributed by atoms with Gasteiger partial charge in [-0.3, -0.25) is 4.68 Å². The first-order valence-corrected chi connectivity index (χ1v) is 6.52. The van der Waals surface area contributed by atoms with Crippen LogP contribution in [-0.2, 0) is 7.05 Å². The smallest absolute Gasteiger partial charge is 0.137 e. The first kappa shape index (κ1) is 14.0. The quantitative estimate of drug-likeness (QED) is 0.789. The van der Waals surface area contributed by atoms with Gasteiger partial charge >= 0.3 is 0 Å². The molecule has 0 aliphatic heterocycles. The number of rotatable bonds is 6. The van der Waals surface area contributed by atoms with Gasteiger partial charge in [0, 0.05) is 20.1 Å². The van der Waals surface area contributed by atoms with Gasteiger partial charge in [-0.1, -0.05) is 26.1 Å². The summed E-state index contributed by atoms with van der Waals surface area (Å²) in [4.78, 5) is 2.75. The van der Waals surface area contributed by atoms with Crippen molar-refractivity contribution in [2.75, 3.05) is 18.0 Å². The molecule has 0 fully saturated rings. The zero-order valence-electron chi connectivity index (χ0n) is 11.2. The number of nitrogens with two attached hydrogens (primary N) is 1. The van der Waals surface area contributed by atoms with E-state index in [1.807, 2.05) is 18.7 Å². The van der Waals surface area contributed by atoms with Crippen LogP contribution >= 0.6 is 12.2 Å². The van der Waals surface area contributed by atoms with Crippen LogP contribution in [0.5, 0.6) is 0 Å². The predicted molar refractivity (Wildman–Crippen MR) is 76.6 cm³/mol. The summed E-state index contributed by atoms with van der Waals surface area (Å²) in [5.74, 6) is 1.05. The van der Waals surface area contributed by atoms with E-state index in [0.29, 0.717) is 4.99 Å². The molecule has 1 aromatic rings. The van der Waals surface area contributed by atoms with Gasteiger partial charge in [0.15, 0.2) is 0 Å². The predicted octanol–water partition coefficient (Wildman–Crippen LogP) is 1.99. The summed E-state index contributed by atoms with van der Waals surface area (Å²) in [5, 5.41) is 4.43. The van der Waals surface area contributed by atoms with Crippen molar-refractivity contribution in [3.8, 4) is 0 Å². The van der Waals surface area contributed by atoms with Crippen molar-refractivity contribution in [2.24, 2.45) is 12.8 Å². The van der Waals surface area contributed by atoms with Crippen molar-refractivity contribution >= 4 is 23.0 Å². The van der Waals surface area contributed by atoms with E-state index in [4.69, 9.17) is 18.0 Å². The summed E-state index contributed by atoms with van der Waals surface area (Å²) in [7, 11) is 1.95. The summed E-state index contributed by atoms with van der Waals surface area (Å²) in [6.45, 7) is 8.30. The number of thiocarbonyl (C=S) groups is 1. The third kappa shape index (κ3) is 2.97. The van der Waals surface area contributed by atoms with E-state index in [0.717, 1.165) is 43.0 Å². The fourth-order valence-corrected chi connectivity index (χ4v) is 2.40. The van der Waals surface area contributed by atoms with Gasteiger partial charge in [0.2, 0.25) is 0 Å². The summed E-state index contributed by atoms with van der Waals surface area (Å²) < 4.78 is 1.88. The molecule has 1 heterocycles. The molecule has 96 valence electrons.